The SMILES string of the molecule is CCOc1ccc(-c2c(C)sc3ncn(CC(=O)O)c(=O)c23)cc1. The number of thiophene rings is 1. The summed E-state index contributed by atoms with van der Waals surface area (Å²) in [5, 5.41) is 9.40. The third kappa shape index (κ3) is 2.90. The largest absolute Gasteiger partial charge is 0.494 e. The quantitative estimate of drug-likeness (QED) is 0.769. The van der Waals surface area contributed by atoms with Gasteiger partial charge in [0.2, 0.25) is 0 Å². The second-order valence-corrected chi connectivity index (χ2v) is 6.45. The van der Waals surface area contributed by atoms with Gasteiger partial charge in [-0.15, -0.1) is 11.3 Å². The van der Waals surface area contributed by atoms with E-state index in [2.05, 4.69) is 4.98 Å². The van der Waals surface area contributed by atoms with Crippen LogP contribution in [0.25, 0.3) is 21.3 Å². The first-order chi connectivity index (χ1) is 11.5. The predicted molar refractivity (Wildman–Crippen MR) is 92.9 cm³/mol. The smallest absolute Gasteiger partial charge is 0.323 e. The summed E-state index contributed by atoms with van der Waals surface area (Å²) in [6.07, 6.45) is 1.29. The molecule has 124 valence electrons. The topological polar surface area (TPSA) is 81.4 Å². The summed E-state index contributed by atoms with van der Waals surface area (Å²) in [6, 6.07) is 7.50. The highest BCUT2D eigenvalue weighted by Crippen LogP contribution is 2.36. The van der Waals surface area contributed by atoms with E-state index in [0.29, 0.717) is 16.8 Å². The van der Waals surface area contributed by atoms with Crippen LogP contribution < -0.4 is 10.3 Å². The number of carboxylic acid groups (broad SMARTS) is 1. The summed E-state index contributed by atoms with van der Waals surface area (Å²) < 4.78 is 6.56. The highest BCUT2D eigenvalue weighted by Gasteiger charge is 2.17. The Kier molecular flexibility index (Phi) is 4.35. The van der Waals surface area contributed by atoms with Crippen LogP contribution >= 0.6 is 11.3 Å². The van der Waals surface area contributed by atoms with Gasteiger partial charge in [0.05, 0.1) is 18.3 Å². The molecule has 6 nitrogen and oxygen atoms in total. The van der Waals surface area contributed by atoms with Gasteiger partial charge in [-0.3, -0.25) is 14.2 Å². The van der Waals surface area contributed by atoms with Crippen molar-refractivity contribution < 1.29 is 14.6 Å². The van der Waals surface area contributed by atoms with Crippen molar-refractivity contribution in [2.45, 2.75) is 20.4 Å². The normalized spacial score (nSPS) is 10.9. The molecule has 0 aliphatic carbocycles. The fourth-order valence-electron chi connectivity index (χ4n) is 2.63. The van der Waals surface area contributed by atoms with Crippen molar-refractivity contribution >= 4 is 27.5 Å². The average Bonchev–Trinajstić information content (AvgIpc) is 2.88. The number of benzene rings is 1. The summed E-state index contributed by atoms with van der Waals surface area (Å²) in [5.74, 6) is -0.312. The number of fused-ring (bicyclic) bond motifs is 1. The number of aromatic nitrogens is 2. The number of aliphatic carboxylic acids is 1. The van der Waals surface area contributed by atoms with E-state index in [0.717, 1.165) is 26.3 Å². The molecule has 1 N–H and O–H groups in total. The Hall–Kier alpha value is -2.67. The Morgan fingerprint density at radius 2 is 2.04 bits per heavy atom. The maximum Gasteiger partial charge on any atom is 0.323 e. The fourth-order valence-corrected chi connectivity index (χ4v) is 3.63. The lowest BCUT2D eigenvalue weighted by atomic mass is 10.0. The standard InChI is InChI=1S/C17H16N2O4S/c1-3-23-12-6-4-11(5-7-12)14-10(2)24-16-15(14)17(22)19(9-18-16)8-13(20)21/h4-7,9H,3,8H2,1-2H3,(H,20,21). The zero-order valence-electron chi connectivity index (χ0n) is 13.3. The molecule has 0 fully saturated rings. The minimum Gasteiger partial charge on any atom is -0.494 e. The minimum absolute atomic E-state index is 0.337. The Bertz CT molecular complexity index is 957. The zero-order chi connectivity index (χ0) is 17.3. The molecule has 0 amide bonds. The molecule has 3 rings (SSSR count). The molecule has 0 aliphatic heterocycles. The van der Waals surface area contributed by atoms with E-state index in [4.69, 9.17) is 9.84 Å². The van der Waals surface area contributed by atoms with Crippen LogP contribution in [-0.4, -0.2) is 27.2 Å². The molecule has 0 aliphatic rings. The highest BCUT2D eigenvalue weighted by molar-refractivity contribution is 7.19. The summed E-state index contributed by atoms with van der Waals surface area (Å²) in [7, 11) is 0. The molecular formula is C17H16N2O4S. The van der Waals surface area contributed by atoms with Crippen LogP contribution in [0, 0.1) is 6.92 Å². The van der Waals surface area contributed by atoms with Gasteiger partial charge in [-0.25, -0.2) is 4.98 Å². The summed E-state index contributed by atoms with van der Waals surface area (Å²) in [6.45, 7) is 4.03. The van der Waals surface area contributed by atoms with Gasteiger partial charge in [0.25, 0.3) is 5.56 Å². The molecule has 0 bridgehead atoms. The van der Waals surface area contributed by atoms with Crippen molar-refractivity contribution in [3.8, 4) is 16.9 Å². The number of ether oxygens (including phenoxy) is 1. The van der Waals surface area contributed by atoms with Gasteiger partial charge in [0.15, 0.2) is 0 Å². The van der Waals surface area contributed by atoms with Gasteiger partial charge < -0.3 is 9.84 Å². The molecular weight excluding hydrogens is 328 g/mol. The number of nitrogens with zero attached hydrogens (tertiary/aromatic N) is 2. The van der Waals surface area contributed by atoms with Crippen LogP contribution in [0.5, 0.6) is 5.75 Å². The summed E-state index contributed by atoms with van der Waals surface area (Å²) >= 11 is 1.43. The number of hydrogen-bond donors (Lipinski definition) is 1. The fraction of sp³-hybridized carbons (Fsp3) is 0.235. The van der Waals surface area contributed by atoms with Crippen molar-refractivity contribution in [1.82, 2.24) is 9.55 Å². The molecule has 3 aromatic rings. The van der Waals surface area contributed by atoms with Crippen molar-refractivity contribution in [3.63, 3.8) is 0 Å². The van der Waals surface area contributed by atoms with Gasteiger partial charge >= 0.3 is 5.97 Å². The molecule has 0 saturated carbocycles. The van der Waals surface area contributed by atoms with Crippen molar-refractivity contribution in [2.75, 3.05) is 6.61 Å². The van der Waals surface area contributed by atoms with E-state index in [1.54, 1.807) is 0 Å². The second-order valence-electron chi connectivity index (χ2n) is 5.24. The number of carbonyl (C=O) groups is 1. The van der Waals surface area contributed by atoms with Crippen molar-refractivity contribution in [2.24, 2.45) is 0 Å². The second kappa shape index (κ2) is 6.45. The molecule has 0 radical (unpaired) electrons. The molecule has 2 heterocycles. The number of aryl methyl sites for hydroxylation is 1. The third-order valence-corrected chi connectivity index (χ3v) is 4.63. The Labute approximate surface area is 142 Å². The average molecular weight is 344 g/mol. The maximum atomic E-state index is 12.7. The van der Waals surface area contributed by atoms with Crippen molar-refractivity contribution in [1.29, 1.82) is 0 Å². The molecule has 0 atom stereocenters. The van der Waals surface area contributed by atoms with E-state index in [1.807, 2.05) is 38.1 Å². The number of carboxylic acids is 1. The number of hydrogen-bond acceptors (Lipinski definition) is 5. The van der Waals surface area contributed by atoms with Gasteiger partial charge in [-0.05, 0) is 31.5 Å². The minimum atomic E-state index is -1.08. The van der Waals surface area contributed by atoms with E-state index in [1.165, 1.54) is 17.7 Å². The van der Waals surface area contributed by atoms with Gasteiger partial charge in [-0.2, -0.15) is 0 Å². The van der Waals surface area contributed by atoms with Gasteiger partial charge in [0, 0.05) is 10.4 Å². The Morgan fingerprint density at radius 1 is 1.33 bits per heavy atom. The molecule has 2 aromatic heterocycles. The molecule has 24 heavy (non-hydrogen) atoms. The Balaban J connectivity index is 2.18. The molecule has 0 saturated heterocycles. The summed E-state index contributed by atoms with van der Waals surface area (Å²) in [4.78, 5) is 29.4. The molecule has 7 heteroatoms. The monoisotopic (exact) mass is 344 g/mol. The molecule has 0 unspecified atom stereocenters. The Morgan fingerprint density at radius 3 is 2.67 bits per heavy atom. The van der Waals surface area contributed by atoms with E-state index in [9.17, 15) is 9.59 Å². The first-order valence-corrected chi connectivity index (χ1v) is 8.26. The van der Waals surface area contributed by atoms with Gasteiger partial charge in [0.1, 0.15) is 17.1 Å². The predicted octanol–water partition coefficient (Wildman–Crippen LogP) is 2.92. The highest BCUT2D eigenvalue weighted by atomic mass is 32.1. The first kappa shape index (κ1) is 16.2. The van der Waals surface area contributed by atoms with E-state index < -0.39 is 12.5 Å². The third-order valence-electron chi connectivity index (χ3n) is 3.61. The lowest BCUT2D eigenvalue weighted by Gasteiger charge is -2.06. The number of rotatable bonds is 5. The van der Waals surface area contributed by atoms with Crippen LogP contribution in [-0.2, 0) is 11.3 Å². The zero-order valence-corrected chi connectivity index (χ0v) is 14.1. The maximum absolute atomic E-state index is 12.7. The lowest BCUT2D eigenvalue weighted by molar-refractivity contribution is -0.137. The van der Waals surface area contributed by atoms with E-state index in [-0.39, 0.29) is 5.56 Å². The van der Waals surface area contributed by atoms with Crippen LogP contribution in [0.3, 0.4) is 0 Å². The van der Waals surface area contributed by atoms with Crippen LogP contribution in [0.4, 0.5) is 0 Å². The lowest BCUT2D eigenvalue weighted by Crippen LogP contribution is -2.24. The molecule has 1 aromatic carbocycles. The van der Waals surface area contributed by atoms with Crippen LogP contribution in [0.1, 0.15) is 11.8 Å². The van der Waals surface area contributed by atoms with Gasteiger partial charge in [-0.1, -0.05) is 12.1 Å². The van der Waals surface area contributed by atoms with E-state index >= 15 is 0 Å². The summed E-state index contributed by atoms with van der Waals surface area (Å²) in [5.41, 5.74) is 1.35. The van der Waals surface area contributed by atoms with Crippen LogP contribution in [0.2, 0.25) is 0 Å². The van der Waals surface area contributed by atoms with Crippen molar-refractivity contribution in [3.05, 3.63) is 45.8 Å². The molecule has 0 spiro atoms. The van der Waals surface area contributed by atoms with Crippen LogP contribution in [0.15, 0.2) is 35.4 Å². The first-order valence-electron chi connectivity index (χ1n) is 7.44.